The first-order valence-corrected chi connectivity index (χ1v) is 5.21. The Labute approximate surface area is 89.1 Å². The fraction of sp³-hybridized carbons (Fsp3) is 0.333. The van der Waals surface area contributed by atoms with Crippen molar-refractivity contribution in [3.8, 4) is 0 Å². The molecule has 0 bridgehead atoms. The van der Waals surface area contributed by atoms with Gasteiger partial charge in [0, 0.05) is 24.8 Å². The van der Waals surface area contributed by atoms with Gasteiger partial charge < -0.3 is 15.4 Å². The van der Waals surface area contributed by atoms with E-state index in [4.69, 9.17) is 5.11 Å². The lowest BCUT2D eigenvalue weighted by Crippen LogP contribution is -2.23. The number of fused-ring (bicyclic) bond motifs is 1. The van der Waals surface area contributed by atoms with Gasteiger partial charge in [-0.25, -0.2) is 0 Å². The van der Waals surface area contributed by atoms with E-state index in [0.29, 0.717) is 6.54 Å². The lowest BCUT2D eigenvalue weighted by atomic mass is 10.1. The van der Waals surface area contributed by atoms with E-state index in [1.54, 1.807) is 6.92 Å². The first-order chi connectivity index (χ1) is 7.27. The van der Waals surface area contributed by atoms with Crippen LogP contribution < -0.4 is 5.32 Å². The van der Waals surface area contributed by atoms with E-state index in [2.05, 4.69) is 34.6 Å². The summed E-state index contributed by atoms with van der Waals surface area (Å²) in [6, 6.07) is 8.29. The fourth-order valence-corrected chi connectivity index (χ4v) is 1.71. The lowest BCUT2D eigenvalue weighted by molar-refractivity contribution is 0.191. The van der Waals surface area contributed by atoms with Gasteiger partial charge in [-0.1, -0.05) is 18.2 Å². The average Bonchev–Trinajstić information content (AvgIpc) is 2.65. The Morgan fingerprint density at radius 3 is 3.07 bits per heavy atom. The lowest BCUT2D eigenvalue weighted by Gasteiger charge is -2.07. The second-order valence-electron chi connectivity index (χ2n) is 3.84. The van der Waals surface area contributed by atoms with Crippen LogP contribution in [0.4, 0.5) is 0 Å². The Bertz CT molecular complexity index is 434. The molecule has 0 aliphatic rings. The van der Waals surface area contributed by atoms with Gasteiger partial charge in [0.25, 0.3) is 0 Å². The topological polar surface area (TPSA) is 48.0 Å². The molecule has 2 rings (SSSR count). The van der Waals surface area contributed by atoms with Gasteiger partial charge in [-0.2, -0.15) is 0 Å². The molecule has 0 radical (unpaired) electrons. The minimum Gasteiger partial charge on any atom is -0.392 e. The van der Waals surface area contributed by atoms with E-state index in [9.17, 15) is 0 Å². The van der Waals surface area contributed by atoms with Crippen molar-refractivity contribution in [2.24, 2.45) is 0 Å². The summed E-state index contributed by atoms with van der Waals surface area (Å²) in [7, 11) is 0. The predicted molar refractivity (Wildman–Crippen MR) is 61.7 cm³/mol. The highest BCUT2D eigenvalue weighted by molar-refractivity contribution is 5.82. The molecule has 3 nitrogen and oxygen atoms in total. The third-order valence-electron chi connectivity index (χ3n) is 2.43. The molecule has 1 atom stereocenters. The van der Waals surface area contributed by atoms with E-state index in [1.807, 2.05) is 6.20 Å². The van der Waals surface area contributed by atoms with Crippen LogP contribution in [0.3, 0.4) is 0 Å². The van der Waals surface area contributed by atoms with Gasteiger partial charge in [0.2, 0.25) is 0 Å². The van der Waals surface area contributed by atoms with E-state index < -0.39 is 0 Å². The van der Waals surface area contributed by atoms with Gasteiger partial charge in [-0.3, -0.25) is 0 Å². The van der Waals surface area contributed by atoms with Gasteiger partial charge >= 0.3 is 0 Å². The van der Waals surface area contributed by atoms with Gasteiger partial charge in [-0.05, 0) is 23.9 Å². The highest BCUT2D eigenvalue weighted by atomic mass is 16.3. The zero-order chi connectivity index (χ0) is 10.7. The van der Waals surface area contributed by atoms with Crippen molar-refractivity contribution >= 4 is 10.9 Å². The quantitative estimate of drug-likeness (QED) is 0.709. The number of rotatable bonds is 4. The third kappa shape index (κ3) is 2.37. The van der Waals surface area contributed by atoms with Crippen LogP contribution in [0.15, 0.2) is 30.5 Å². The number of aliphatic hydroxyl groups is 1. The summed E-state index contributed by atoms with van der Waals surface area (Å²) in [5.74, 6) is 0. The Morgan fingerprint density at radius 2 is 2.27 bits per heavy atom. The number of hydrogen-bond acceptors (Lipinski definition) is 2. The molecule has 0 spiro atoms. The van der Waals surface area contributed by atoms with Crippen LogP contribution in [-0.4, -0.2) is 22.7 Å². The van der Waals surface area contributed by atoms with Crippen LogP contribution in [0.2, 0.25) is 0 Å². The zero-order valence-corrected chi connectivity index (χ0v) is 8.83. The summed E-state index contributed by atoms with van der Waals surface area (Å²) >= 11 is 0. The van der Waals surface area contributed by atoms with Crippen molar-refractivity contribution in [1.82, 2.24) is 10.3 Å². The van der Waals surface area contributed by atoms with Gasteiger partial charge in [0.05, 0.1) is 6.10 Å². The number of aliphatic hydroxyl groups excluding tert-OH is 1. The molecule has 3 N–H and O–H groups in total. The number of aromatic nitrogens is 1. The molecule has 0 aliphatic heterocycles. The fourth-order valence-electron chi connectivity index (χ4n) is 1.71. The summed E-state index contributed by atoms with van der Waals surface area (Å²) in [6.07, 6.45) is 1.65. The van der Waals surface area contributed by atoms with Crippen molar-refractivity contribution in [1.29, 1.82) is 0 Å². The Kier molecular flexibility index (Phi) is 3.04. The van der Waals surface area contributed by atoms with Crippen molar-refractivity contribution in [3.05, 3.63) is 36.0 Å². The minimum atomic E-state index is -0.298. The minimum absolute atomic E-state index is 0.298. The Morgan fingerprint density at radius 1 is 1.40 bits per heavy atom. The van der Waals surface area contributed by atoms with E-state index in [0.717, 1.165) is 6.54 Å². The summed E-state index contributed by atoms with van der Waals surface area (Å²) in [4.78, 5) is 3.22. The second kappa shape index (κ2) is 4.47. The van der Waals surface area contributed by atoms with Crippen LogP contribution in [0, 0.1) is 0 Å². The summed E-state index contributed by atoms with van der Waals surface area (Å²) in [6.45, 7) is 3.18. The molecule has 2 aromatic rings. The third-order valence-corrected chi connectivity index (χ3v) is 2.43. The Balaban J connectivity index is 2.10. The molecule has 0 saturated carbocycles. The normalized spacial score (nSPS) is 13.2. The standard InChI is InChI=1S/C12H16N2O/c1-9(15)7-13-8-11-4-2-3-10-5-6-14-12(10)11/h2-6,9,13-15H,7-8H2,1H3. The predicted octanol–water partition coefficient (Wildman–Crippen LogP) is 1.64. The molecule has 0 aliphatic carbocycles. The molecule has 3 heteroatoms. The number of nitrogens with one attached hydrogen (secondary N) is 2. The van der Waals surface area contributed by atoms with Crippen molar-refractivity contribution < 1.29 is 5.11 Å². The maximum absolute atomic E-state index is 9.13. The number of benzene rings is 1. The molecule has 80 valence electrons. The first-order valence-electron chi connectivity index (χ1n) is 5.21. The van der Waals surface area contributed by atoms with Crippen LogP contribution in [0.25, 0.3) is 10.9 Å². The maximum Gasteiger partial charge on any atom is 0.0636 e. The average molecular weight is 204 g/mol. The highest BCUT2D eigenvalue weighted by Crippen LogP contribution is 2.16. The molecule has 1 aromatic carbocycles. The Hall–Kier alpha value is -1.32. The van der Waals surface area contributed by atoms with Crippen molar-refractivity contribution in [2.75, 3.05) is 6.54 Å². The van der Waals surface area contributed by atoms with Crippen LogP contribution in [0.1, 0.15) is 12.5 Å². The molecule has 15 heavy (non-hydrogen) atoms. The first kappa shape index (κ1) is 10.2. The number of para-hydroxylation sites is 1. The molecule has 1 aromatic heterocycles. The summed E-state index contributed by atoms with van der Waals surface area (Å²) in [5, 5.41) is 13.6. The second-order valence-corrected chi connectivity index (χ2v) is 3.84. The summed E-state index contributed by atoms with van der Waals surface area (Å²) < 4.78 is 0. The van der Waals surface area contributed by atoms with Crippen molar-refractivity contribution in [2.45, 2.75) is 19.6 Å². The molecule has 1 heterocycles. The van der Waals surface area contributed by atoms with E-state index >= 15 is 0 Å². The smallest absolute Gasteiger partial charge is 0.0636 e. The maximum atomic E-state index is 9.13. The number of H-pyrrole nitrogens is 1. The molecular formula is C12H16N2O. The van der Waals surface area contributed by atoms with E-state index in [-0.39, 0.29) is 6.10 Å². The number of aromatic amines is 1. The van der Waals surface area contributed by atoms with Crippen LogP contribution in [0.5, 0.6) is 0 Å². The van der Waals surface area contributed by atoms with E-state index in [1.165, 1.54) is 16.5 Å². The van der Waals surface area contributed by atoms with Gasteiger partial charge in [0.1, 0.15) is 0 Å². The number of hydrogen-bond donors (Lipinski definition) is 3. The largest absolute Gasteiger partial charge is 0.392 e. The van der Waals surface area contributed by atoms with Crippen molar-refractivity contribution in [3.63, 3.8) is 0 Å². The molecule has 0 saturated heterocycles. The molecular weight excluding hydrogens is 188 g/mol. The monoisotopic (exact) mass is 204 g/mol. The van der Waals surface area contributed by atoms with Crippen LogP contribution >= 0.6 is 0 Å². The van der Waals surface area contributed by atoms with Crippen LogP contribution in [-0.2, 0) is 6.54 Å². The molecule has 0 amide bonds. The molecule has 0 fully saturated rings. The molecule has 1 unspecified atom stereocenters. The van der Waals surface area contributed by atoms with Gasteiger partial charge in [0.15, 0.2) is 0 Å². The highest BCUT2D eigenvalue weighted by Gasteiger charge is 2.01. The zero-order valence-electron chi connectivity index (χ0n) is 8.83. The van der Waals surface area contributed by atoms with Gasteiger partial charge in [-0.15, -0.1) is 0 Å². The SMILES string of the molecule is CC(O)CNCc1cccc2cc[nH]c12. The summed E-state index contributed by atoms with van der Waals surface area (Å²) in [5.41, 5.74) is 2.41.